The van der Waals surface area contributed by atoms with Crippen LogP contribution in [-0.4, -0.2) is 73.6 Å². The fourth-order valence-electron chi connectivity index (χ4n) is 3.61. The van der Waals surface area contributed by atoms with Gasteiger partial charge in [-0.1, -0.05) is 23.2 Å². The van der Waals surface area contributed by atoms with Gasteiger partial charge >= 0.3 is 0 Å². The molecule has 0 aliphatic carbocycles. The Hall–Kier alpha value is -1.39. The smallest absolute Gasteiger partial charge is 0.276 e. The summed E-state index contributed by atoms with van der Waals surface area (Å²) in [6.45, 7) is 2.23. The van der Waals surface area contributed by atoms with Gasteiger partial charge in [-0.15, -0.1) is 0 Å². The van der Waals surface area contributed by atoms with Gasteiger partial charge in [0.1, 0.15) is 0 Å². The largest absolute Gasteiger partial charge is 0.339 e. The molecule has 28 heavy (non-hydrogen) atoms. The first-order valence-corrected chi connectivity index (χ1v) is 11.2. The number of nitrogens with two attached hydrogens (primary N) is 1. The fourth-order valence-corrected chi connectivity index (χ4v) is 4.85. The number of hydrogen-bond donors (Lipinski definition) is 1. The Labute approximate surface area is 174 Å². The van der Waals surface area contributed by atoms with Crippen molar-refractivity contribution in [2.75, 3.05) is 39.3 Å². The average molecular weight is 449 g/mol. The van der Waals surface area contributed by atoms with Crippen LogP contribution in [0.25, 0.3) is 0 Å². The molecule has 3 rings (SSSR count). The molecular formula is C17H22Cl2N4O4S. The van der Waals surface area contributed by atoms with E-state index in [4.69, 9.17) is 28.3 Å². The van der Waals surface area contributed by atoms with Crippen LogP contribution in [0.15, 0.2) is 18.2 Å². The van der Waals surface area contributed by atoms with E-state index in [9.17, 15) is 18.0 Å². The van der Waals surface area contributed by atoms with Gasteiger partial charge in [0.2, 0.25) is 5.91 Å². The summed E-state index contributed by atoms with van der Waals surface area (Å²) in [6.07, 6.45) is 0.908. The third kappa shape index (κ3) is 4.96. The number of piperidine rings is 1. The van der Waals surface area contributed by atoms with Crippen LogP contribution in [0.1, 0.15) is 23.2 Å². The van der Waals surface area contributed by atoms with Crippen molar-refractivity contribution in [2.24, 2.45) is 11.1 Å². The molecule has 1 aromatic rings. The molecule has 2 amide bonds. The van der Waals surface area contributed by atoms with Gasteiger partial charge in [-0.05, 0) is 31.0 Å². The minimum Gasteiger partial charge on any atom is -0.339 e. The molecule has 2 aliphatic rings. The van der Waals surface area contributed by atoms with Gasteiger partial charge in [-0.2, -0.15) is 12.7 Å². The molecule has 154 valence electrons. The fraction of sp³-hybridized carbons (Fsp3) is 0.529. The molecule has 2 fully saturated rings. The Morgan fingerprint density at radius 1 is 0.893 bits per heavy atom. The number of carbonyl (C=O) groups excluding carboxylic acids is 2. The standard InChI is InChI=1S/C17H22Cl2N4O4S/c18-14-9-13(10-15(19)11-14)17(25)22-7-5-21(6-8-22)16(24)12-1-3-23(4-2-12)28(20,26)27/h9-12H,1-8H2,(H2,20,26,27). The van der Waals surface area contributed by atoms with E-state index >= 15 is 0 Å². The highest BCUT2D eigenvalue weighted by atomic mass is 35.5. The molecule has 8 nitrogen and oxygen atoms in total. The van der Waals surface area contributed by atoms with Crippen LogP contribution in [0.5, 0.6) is 0 Å². The summed E-state index contributed by atoms with van der Waals surface area (Å²) >= 11 is 11.9. The summed E-state index contributed by atoms with van der Waals surface area (Å²) in [5.41, 5.74) is 0.424. The maximum atomic E-state index is 12.7. The number of piperazine rings is 1. The minimum atomic E-state index is -3.70. The Balaban J connectivity index is 1.54. The molecule has 0 bridgehead atoms. The zero-order valence-electron chi connectivity index (χ0n) is 15.2. The minimum absolute atomic E-state index is 0.00645. The summed E-state index contributed by atoms with van der Waals surface area (Å²) in [4.78, 5) is 28.8. The lowest BCUT2D eigenvalue weighted by atomic mass is 9.96. The van der Waals surface area contributed by atoms with Crippen LogP contribution in [0.2, 0.25) is 10.0 Å². The Kier molecular flexibility index (Phi) is 6.51. The first kappa shape index (κ1) is 21.3. The predicted molar refractivity (Wildman–Crippen MR) is 106 cm³/mol. The number of nitrogens with zero attached hydrogens (tertiary/aromatic N) is 3. The van der Waals surface area contributed by atoms with Crippen LogP contribution in [-0.2, 0) is 15.0 Å². The molecule has 0 unspecified atom stereocenters. The maximum Gasteiger partial charge on any atom is 0.276 e. The molecule has 0 aromatic heterocycles. The van der Waals surface area contributed by atoms with Gasteiger partial charge in [0.15, 0.2) is 0 Å². The monoisotopic (exact) mass is 448 g/mol. The number of amides is 2. The normalized spacial score (nSPS) is 19.7. The van der Waals surface area contributed by atoms with E-state index in [0.717, 1.165) is 0 Å². The van der Waals surface area contributed by atoms with Crippen molar-refractivity contribution in [3.8, 4) is 0 Å². The van der Waals surface area contributed by atoms with E-state index in [1.807, 2.05) is 0 Å². The lowest BCUT2D eigenvalue weighted by Crippen LogP contribution is -2.53. The van der Waals surface area contributed by atoms with E-state index in [-0.39, 0.29) is 30.8 Å². The number of benzene rings is 1. The van der Waals surface area contributed by atoms with E-state index in [1.54, 1.807) is 28.0 Å². The SMILES string of the molecule is NS(=O)(=O)N1CCC(C(=O)N2CCN(C(=O)c3cc(Cl)cc(Cl)c3)CC2)CC1. The van der Waals surface area contributed by atoms with E-state index in [2.05, 4.69) is 0 Å². The lowest BCUT2D eigenvalue weighted by Gasteiger charge is -2.38. The van der Waals surface area contributed by atoms with Crippen molar-refractivity contribution in [1.82, 2.24) is 14.1 Å². The van der Waals surface area contributed by atoms with E-state index in [0.29, 0.717) is 54.6 Å². The molecular weight excluding hydrogens is 427 g/mol. The topological polar surface area (TPSA) is 104 Å². The zero-order chi connectivity index (χ0) is 20.5. The van der Waals surface area contributed by atoms with Gasteiger partial charge in [0.25, 0.3) is 16.1 Å². The summed E-state index contributed by atoms with van der Waals surface area (Å²) in [7, 11) is -3.70. The van der Waals surface area contributed by atoms with Crippen molar-refractivity contribution in [3.05, 3.63) is 33.8 Å². The number of halogens is 2. The molecule has 2 saturated heterocycles. The van der Waals surface area contributed by atoms with E-state index < -0.39 is 10.2 Å². The molecule has 0 radical (unpaired) electrons. The molecule has 2 N–H and O–H groups in total. The molecule has 2 aliphatic heterocycles. The van der Waals surface area contributed by atoms with Crippen molar-refractivity contribution >= 4 is 45.2 Å². The van der Waals surface area contributed by atoms with Gasteiger partial charge in [-0.25, -0.2) is 5.14 Å². The molecule has 0 saturated carbocycles. The molecule has 11 heteroatoms. The van der Waals surface area contributed by atoms with Crippen LogP contribution < -0.4 is 5.14 Å². The molecule has 0 atom stereocenters. The highest BCUT2D eigenvalue weighted by molar-refractivity contribution is 7.86. The van der Waals surface area contributed by atoms with Crippen LogP contribution >= 0.6 is 23.2 Å². The third-order valence-corrected chi connectivity index (χ3v) is 6.67. The Morgan fingerprint density at radius 3 is 1.89 bits per heavy atom. The summed E-state index contributed by atoms with van der Waals surface area (Å²) < 4.78 is 24.0. The van der Waals surface area contributed by atoms with Crippen LogP contribution in [0, 0.1) is 5.92 Å². The van der Waals surface area contributed by atoms with Crippen LogP contribution in [0.4, 0.5) is 0 Å². The maximum absolute atomic E-state index is 12.7. The van der Waals surface area contributed by atoms with Crippen molar-refractivity contribution < 1.29 is 18.0 Å². The predicted octanol–water partition coefficient (Wildman–Crippen LogP) is 1.19. The second-order valence-corrected chi connectivity index (χ2v) is 9.41. The highest BCUT2D eigenvalue weighted by Crippen LogP contribution is 2.23. The first-order valence-electron chi connectivity index (χ1n) is 8.97. The van der Waals surface area contributed by atoms with E-state index in [1.165, 1.54) is 4.31 Å². The number of hydrogen-bond acceptors (Lipinski definition) is 4. The second-order valence-electron chi connectivity index (χ2n) is 6.99. The number of carbonyl (C=O) groups is 2. The Bertz CT molecular complexity index is 844. The van der Waals surface area contributed by atoms with Gasteiger partial charge < -0.3 is 9.80 Å². The van der Waals surface area contributed by atoms with Crippen molar-refractivity contribution in [1.29, 1.82) is 0 Å². The average Bonchev–Trinajstić information content (AvgIpc) is 2.65. The number of rotatable bonds is 3. The molecule has 1 aromatic carbocycles. The quantitative estimate of drug-likeness (QED) is 0.749. The van der Waals surface area contributed by atoms with Gasteiger partial charge in [0.05, 0.1) is 0 Å². The molecule has 2 heterocycles. The first-order chi connectivity index (χ1) is 13.1. The lowest BCUT2D eigenvalue weighted by molar-refractivity contribution is -0.138. The van der Waals surface area contributed by atoms with Gasteiger partial charge in [0, 0.05) is 60.8 Å². The summed E-state index contributed by atoms with van der Waals surface area (Å²) in [6, 6.07) is 4.72. The summed E-state index contributed by atoms with van der Waals surface area (Å²) in [5.74, 6) is -0.378. The van der Waals surface area contributed by atoms with Crippen molar-refractivity contribution in [2.45, 2.75) is 12.8 Å². The second kappa shape index (κ2) is 8.54. The summed E-state index contributed by atoms with van der Waals surface area (Å²) in [5, 5.41) is 5.93. The highest BCUT2D eigenvalue weighted by Gasteiger charge is 2.33. The Morgan fingerprint density at radius 2 is 1.39 bits per heavy atom. The molecule has 0 spiro atoms. The van der Waals surface area contributed by atoms with Gasteiger partial charge in [-0.3, -0.25) is 9.59 Å². The van der Waals surface area contributed by atoms with Crippen molar-refractivity contribution in [3.63, 3.8) is 0 Å². The zero-order valence-corrected chi connectivity index (χ0v) is 17.5. The third-order valence-electron chi connectivity index (χ3n) is 5.15. The van der Waals surface area contributed by atoms with Crippen LogP contribution in [0.3, 0.4) is 0 Å².